The van der Waals surface area contributed by atoms with Crippen molar-refractivity contribution in [2.45, 2.75) is 23.9 Å². The molecular formula is C17H17N3S2. The fraction of sp³-hybridized carbons (Fsp3) is 0.176. The van der Waals surface area contributed by atoms with Crippen LogP contribution in [-0.4, -0.2) is 10.2 Å². The van der Waals surface area contributed by atoms with Crippen molar-refractivity contribution < 1.29 is 0 Å². The molecule has 0 unspecified atom stereocenters. The standard InChI is InChI=1S/C17H17N3S2/c1-12-6-5-9-15(10-12)18-16-19-20-17(22-16)21-11-14-8-4-3-7-13(14)2/h3-10H,11H2,1-2H3,(H,18,19). The summed E-state index contributed by atoms with van der Waals surface area (Å²) in [6.45, 7) is 4.22. The third kappa shape index (κ3) is 3.87. The lowest BCUT2D eigenvalue weighted by Crippen LogP contribution is -1.89. The van der Waals surface area contributed by atoms with E-state index in [1.807, 2.05) is 12.1 Å². The summed E-state index contributed by atoms with van der Waals surface area (Å²) in [6, 6.07) is 16.7. The van der Waals surface area contributed by atoms with Gasteiger partial charge in [0, 0.05) is 11.4 Å². The van der Waals surface area contributed by atoms with Gasteiger partial charge in [-0.1, -0.05) is 59.5 Å². The summed E-state index contributed by atoms with van der Waals surface area (Å²) >= 11 is 3.32. The van der Waals surface area contributed by atoms with Gasteiger partial charge >= 0.3 is 0 Å². The number of hydrogen-bond acceptors (Lipinski definition) is 5. The molecule has 1 heterocycles. The first kappa shape index (κ1) is 15.1. The van der Waals surface area contributed by atoms with Crippen LogP contribution in [0.2, 0.25) is 0 Å². The molecule has 0 bridgehead atoms. The molecule has 0 saturated carbocycles. The number of anilines is 2. The second kappa shape index (κ2) is 6.94. The molecule has 3 aromatic rings. The predicted molar refractivity (Wildman–Crippen MR) is 95.1 cm³/mol. The van der Waals surface area contributed by atoms with Gasteiger partial charge in [-0.15, -0.1) is 10.2 Å². The van der Waals surface area contributed by atoms with E-state index in [1.54, 1.807) is 23.1 Å². The fourth-order valence-electron chi connectivity index (χ4n) is 2.08. The fourth-order valence-corrected chi connectivity index (χ4v) is 3.92. The van der Waals surface area contributed by atoms with Crippen molar-refractivity contribution >= 4 is 33.9 Å². The molecule has 2 aromatic carbocycles. The zero-order chi connectivity index (χ0) is 15.4. The Balaban J connectivity index is 1.63. The number of rotatable bonds is 5. The van der Waals surface area contributed by atoms with Crippen molar-refractivity contribution in [3.05, 3.63) is 65.2 Å². The van der Waals surface area contributed by atoms with E-state index in [-0.39, 0.29) is 0 Å². The van der Waals surface area contributed by atoms with Crippen molar-refractivity contribution in [3.63, 3.8) is 0 Å². The quantitative estimate of drug-likeness (QED) is 0.654. The Morgan fingerprint density at radius 3 is 2.73 bits per heavy atom. The summed E-state index contributed by atoms with van der Waals surface area (Å²) in [5.74, 6) is 0.922. The molecular weight excluding hydrogens is 310 g/mol. The molecule has 0 saturated heterocycles. The van der Waals surface area contributed by atoms with Crippen LogP contribution in [0.3, 0.4) is 0 Å². The van der Waals surface area contributed by atoms with Crippen LogP contribution < -0.4 is 5.32 Å². The number of aromatic nitrogens is 2. The van der Waals surface area contributed by atoms with E-state index >= 15 is 0 Å². The number of nitrogens with one attached hydrogen (secondary N) is 1. The predicted octanol–water partition coefficient (Wildman–Crippen LogP) is 5.19. The Bertz CT molecular complexity index is 768. The zero-order valence-corrected chi connectivity index (χ0v) is 14.2. The molecule has 0 amide bonds. The molecule has 3 nitrogen and oxygen atoms in total. The summed E-state index contributed by atoms with van der Waals surface area (Å²) in [6.07, 6.45) is 0. The minimum Gasteiger partial charge on any atom is -0.330 e. The average molecular weight is 327 g/mol. The molecule has 112 valence electrons. The number of nitrogens with zero attached hydrogens (tertiary/aromatic N) is 2. The van der Waals surface area contributed by atoms with Gasteiger partial charge in [0.25, 0.3) is 0 Å². The van der Waals surface area contributed by atoms with Gasteiger partial charge in [-0.25, -0.2) is 0 Å². The lowest BCUT2D eigenvalue weighted by Gasteiger charge is -2.03. The summed E-state index contributed by atoms with van der Waals surface area (Å²) in [5.41, 5.74) is 4.93. The molecule has 22 heavy (non-hydrogen) atoms. The largest absolute Gasteiger partial charge is 0.330 e. The number of aryl methyl sites for hydroxylation is 2. The van der Waals surface area contributed by atoms with Crippen LogP contribution in [0.4, 0.5) is 10.8 Å². The summed E-state index contributed by atoms with van der Waals surface area (Å²) in [7, 11) is 0. The van der Waals surface area contributed by atoms with Crippen molar-refractivity contribution in [1.29, 1.82) is 0 Å². The Labute approximate surface area is 138 Å². The smallest absolute Gasteiger partial charge is 0.210 e. The van der Waals surface area contributed by atoms with E-state index in [0.29, 0.717) is 0 Å². The van der Waals surface area contributed by atoms with Crippen molar-refractivity contribution in [1.82, 2.24) is 10.2 Å². The zero-order valence-electron chi connectivity index (χ0n) is 12.5. The normalized spacial score (nSPS) is 10.6. The van der Waals surface area contributed by atoms with Gasteiger partial charge in [-0.3, -0.25) is 0 Å². The molecule has 5 heteroatoms. The molecule has 0 aliphatic heterocycles. The van der Waals surface area contributed by atoms with Crippen LogP contribution in [-0.2, 0) is 5.75 Å². The maximum Gasteiger partial charge on any atom is 0.210 e. The highest BCUT2D eigenvalue weighted by molar-refractivity contribution is 8.00. The molecule has 1 N–H and O–H groups in total. The molecule has 0 fully saturated rings. The van der Waals surface area contributed by atoms with Crippen molar-refractivity contribution in [2.24, 2.45) is 0 Å². The minimum absolute atomic E-state index is 0.831. The Morgan fingerprint density at radius 1 is 1.05 bits per heavy atom. The second-order valence-corrected chi connectivity index (χ2v) is 7.28. The number of hydrogen-bond donors (Lipinski definition) is 1. The van der Waals surface area contributed by atoms with E-state index in [2.05, 4.69) is 65.8 Å². The van der Waals surface area contributed by atoms with E-state index in [1.165, 1.54) is 16.7 Å². The van der Waals surface area contributed by atoms with Gasteiger partial charge in [0.05, 0.1) is 0 Å². The second-order valence-electron chi connectivity index (χ2n) is 5.08. The molecule has 0 aliphatic rings. The third-order valence-electron chi connectivity index (χ3n) is 3.29. The molecule has 0 aliphatic carbocycles. The summed E-state index contributed by atoms with van der Waals surface area (Å²) in [5, 5.41) is 12.6. The summed E-state index contributed by atoms with van der Waals surface area (Å²) in [4.78, 5) is 0. The average Bonchev–Trinajstić information content (AvgIpc) is 2.94. The first-order valence-corrected chi connectivity index (χ1v) is 8.85. The van der Waals surface area contributed by atoms with Crippen molar-refractivity contribution in [2.75, 3.05) is 5.32 Å². The Hall–Kier alpha value is -1.85. The topological polar surface area (TPSA) is 37.8 Å². The van der Waals surface area contributed by atoms with Gasteiger partial charge < -0.3 is 5.32 Å². The molecule has 3 rings (SSSR count). The van der Waals surface area contributed by atoms with Crippen molar-refractivity contribution in [3.8, 4) is 0 Å². The van der Waals surface area contributed by atoms with Crippen LogP contribution in [0, 0.1) is 13.8 Å². The Morgan fingerprint density at radius 2 is 1.91 bits per heavy atom. The minimum atomic E-state index is 0.831. The third-order valence-corrected chi connectivity index (χ3v) is 5.31. The van der Waals surface area contributed by atoms with E-state index in [0.717, 1.165) is 20.9 Å². The van der Waals surface area contributed by atoms with Crippen LogP contribution in [0.25, 0.3) is 0 Å². The van der Waals surface area contributed by atoms with E-state index in [4.69, 9.17) is 0 Å². The molecule has 0 radical (unpaired) electrons. The monoisotopic (exact) mass is 327 g/mol. The van der Waals surface area contributed by atoms with Gasteiger partial charge in [0.15, 0.2) is 4.34 Å². The maximum absolute atomic E-state index is 4.25. The van der Waals surface area contributed by atoms with Crippen LogP contribution in [0.15, 0.2) is 52.9 Å². The highest BCUT2D eigenvalue weighted by atomic mass is 32.2. The maximum atomic E-state index is 4.25. The SMILES string of the molecule is Cc1cccc(Nc2nnc(SCc3ccccc3C)s2)c1. The molecule has 0 spiro atoms. The van der Waals surface area contributed by atoms with Gasteiger partial charge in [0.1, 0.15) is 0 Å². The van der Waals surface area contributed by atoms with Crippen LogP contribution >= 0.6 is 23.1 Å². The lowest BCUT2D eigenvalue weighted by molar-refractivity contribution is 1.01. The van der Waals surface area contributed by atoms with E-state index in [9.17, 15) is 0 Å². The van der Waals surface area contributed by atoms with Gasteiger partial charge in [-0.05, 0) is 42.7 Å². The first-order valence-electron chi connectivity index (χ1n) is 7.05. The Kier molecular flexibility index (Phi) is 4.75. The lowest BCUT2D eigenvalue weighted by atomic mass is 10.1. The van der Waals surface area contributed by atoms with Gasteiger partial charge in [-0.2, -0.15) is 0 Å². The molecule has 0 atom stereocenters. The van der Waals surface area contributed by atoms with Crippen LogP contribution in [0.5, 0.6) is 0 Å². The van der Waals surface area contributed by atoms with Gasteiger partial charge in [0.2, 0.25) is 5.13 Å². The number of thioether (sulfide) groups is 1. The molecule has 1 aromatic heterocycles. The summed E-state index contributed by atoms with van der Waals surface area (Å²) < 4.78 is 0.985. The van der Waals surface area contributed by atoms with E-state index < -0.39 is 0 Å². The highest BCUT2D eigenvalue weighted by Crippen LogP contribution is 2.30. The number of benzene rings is 2. The first-order chi connectivity index (χ1) is 10.7. The highest BCUT2D eigenvalue weighted by Gasteiger charge is 2.06. The van der Waals surface area contributed by atoms with Crippen LogP contribution in [0.1, 0.15) is 16.7 Å².